The number of benzene rings is 2. The Labute approximate surface area is 157 Å². The van der Waals surface area contributed by atoms with Gasteiger partial charge in [-0.2, -0.15) is 13.2 Å². The van der Waals surface area contributed by atoms with Crippen LogP contribution in [0.5, 0.6) is 0 Å². The molecule has 0 radical (unpaired) electrons. The molecule has 3 rings (SSSR count). The van der Waals surface area contributed by atoms with Crippen LogP contribution in [0.25, 0.3) is 0 Å². The molecule has 1 fully saturated rings. The Morgan fingerprint density at radius 1 is 1.15 bits per heavy atom. The first kappa shape index (κ1) is 19.3. The van der Waals surface area contributed by atoms with Crippen LogP contribution in [0.1, 0.15) is 47.7 Å². The minimum Gasteiger partial charge on any atom is -0.367 e. The van der Waals surface area contributed by atoms with Gasteiger partial charge >= 0.3 is 6.18 Å². The minimum atomic E-state index is -4.46. The minimum absolute atomic E-state index is 0.201. The Kier molecular flexibility index (Phi) is 5.44. The zero-order chi connectivity index (χ0) is 19.6. The van der Waals surface area contributed by atoms with E-state index in [1.807, 2.05) is 6.07 Å². The first-order valence-corrected chi connectivity index (χ1v) is 9.12. The molecule has 2 aromatic carbocycles. The molecule has 1 amide bonds. The van der Waals surface area contributed by atoms with Crippen molar-refractivity contribution in [1.82, 2.24) is 0 Å². The van der Waals surface area contributed by atoms with Gasteiger partial charge in [0.25, 0.3) is 5.91 Å². The second kappa shape index (κ2) is 7.62. The van der Waals surface area contributed by atoms with Crippen molar-refractivity contribution >= 4 is 17.3 Å². The van der Waals surface area contributed by atoms with Gasteiger partial charge in [-0.1, -0.05) is 18.2 Å². The van der Waals surface area contributed by atoms with Crippen LogP contribution in [-0.2, 0) is 6.18 Å². The number of alkyl halides is 3. The molecule has 1 aliphatic heterocycles. The number of nitrogens with one attached hydrogen (secondary N) is 1. The summed E-state index contributed by atoms with van der Waals surface area (Å²) in [7, 11) is 0. The highest BCUT2D eigenvalue weighted by molar-refractivity contribution is 6.07. The molecule has 0 spiro atoms. The molecule has 6 heteroatoms. The van der Waals surface area contributed by atoms with Crippen molar-refractivity contribution in [3.05, 3.63) is 59.2 Å². The highest BCUT2D eigenvalue weighted by atomic mass is 19.4. The summed E-state index contributed by atoms with van der Waals surface area (Å²) in [6, 6.07) is 10.8. The van der Waals surface area contributed by atoms with E-state index in [9.17, 15) is 18.0 Å². The Balaban J connectivity index is 1.99. The van der Waals surface area contributed by atoms with Crippen molar-refractivity contribution in [3.8, 4) is 0 Å². The summed E-state index contributed by atoms with van der Waals surface area (Å²) in [5.74, 6) is -0.404. The second-order valence-electron chi connectivity index (χ2n) is 7.04. The van der Waals surface area contributed by atoms with Gasteiger partial charge in [0, 0.05) is 18.2 Å². The number of aryl methyl sites for hydroxylation is 1. The molecule has 1 N–H and O–H groups in total. The van der Waals surface area contributed by atoms with Crippen LogP contribution in [-0.4, -0.2) is 18.5 Å². The molecule has 1 unspecified atom stereocenters. The zero-order valence-corrected chi connectivity index (χ0v) is 15.4. The molecule has 1 heterocycles. The van der Waals surface area contributed by atoms with E-state index < -0.39 is 17.6 Å². The highest BCUT2D eigenvalue weighted by Gasteiger charge is 2.32. The molecule has 2 aromatic rings. The van der Waals surface area contributed by atoms with Crippen molar-refractivity contribution in [2.24, 2.45) is 0 Å². The maximum Gasteiger partial charge on any atom is 0.416 e. The van der Waals surface area contributed by atoms with E-state index in [2.05, 4.69) is 17.1 Å². The Morgan fingerprint density at radius 3 is 2.56 bits per heavy atom. The van der Waals surface area contributed by atoms with Crippen LogP contribution in [0.4, 0.5) is 24.5 Å². The number of nitrogens with zero attached hydrogens (tertiary/aromatic N) is 1. The van der Waals surface area contributed by atoms with Gasteiger partial charge in [0.1, 0.15) is 0 Å². The third-order valence-electron chi connectivity index (χ3n) is 5.07. The first-order chi connectivity index (χ1) is 12.8. The van der Waals surface area contributed by atoms with E-state index in [-0.39, 0.29) is 11.7 Å². The Morgan fingerprint density at radius 2 is 1.89 bits per heavy atom. The SMILES string of the molecule is Cc1ccccc1C(=O)Nc1cc(C(F)(F)F)ccc1N1CCCCC1C. The average Bonchev–Trinajstić information content (AvgIpc) is 2.62. The summed E-state index contributed by atoms with van der Waals surface area (Å²) in [5.41, 5.74) is 1.29. The van der Waals surface area contributed by atoms with E-state index in [1.54, 1.807) is 25.1 Å². The number of rotatable bonds is 3. The lowest BCUT2D eigenvalue weighted by molar-refractivity contribution is -0.137. The van der Waals surface area contributed by atoms with Gasteiger partial charge in [-0.3, -0.25) is 4.79 Å². The van der Waals surface area contributed by atoms with Gasteiger partial charge in [0.2, 0.25) is 0 Å². The van der Waals surface area contributed by atoms with E-state index >= 15 is 0 Å². The fraction of sp³-hybridized carbons (Fsp3) is 0.381. The molecule has 0 saturated carbocycles. The number of piperidine rings is 1. The van der Waals surface area contributed by atoms with Crippen molar-refractivity contribution < 1.29 is 18.0 Å². The Hall–Kier alpha value is -2.50. The fourth-order valence-electron chi connectivity index (χ4n) is 3.54. The number of carbonyl (C=O) groups is 1. The maximum atomic E-state index is 13.2. The van der Waals surface area contributed by atoms with Gasteiger partial charge in [0.15, 0.2) is 0 Å². The summed E-state index contributed by atoms with van der Waals surface area (Å²) < 4.78 is 39.7. The third kappa shape index (κ3) is 4.26. The molecule has 0 aliphatic carbocycles. The maximum absolute atomic E-state index is 13.2. The van der Waals surface area contributed by atoms with Crippen LogP contribution in [0, 0.1) is 6.92 Å². The molecule has 0 bridgehead atoms. The molecule has 144 valence electrons. The molecule has 1 saturated heterocycles. The van der Waals surface area contributed by atoms with Gasteiger partial charge < -0.3 is 10.2 Å². The van der Waals surface area contributed by atoms with E-state index in [1.165, 1.54) is 6.07 Å². The molecule has 3 nitrogen and oxygen atoms in total. The van der Waals surface area contributed by atoms with Gasteiger partial charge in [-0.05, 0) is 62.9 Å². The van der Waals surface area contributed by atoms with Gasteiger partial charge in [0.05, 0.1) is 16.9 Å². The van der Waals surface area contributed by atoms with E-state index in [0.717, 1.165) is 43.5 Å². The summed E-state index contributed by atoms with van der Waals surface area (Å²) in [5, 5.41) is 2.72. The largest absolute Gasteiger partial charge is 0.416 e. The van der Waals surface area contributed by atoms with Crippen molar-refractivity contribution in [2.45, 2.75) is 45.3 Å². The first-order valence-electron chi connectivity index (χ1n) is 9.12. The van der Waals surface area contributed by atoms with E-state index in [0.29, 0.717) is 11.3 Å². The van der Waals surface area contributed by atoms with Crippen LogP contribution >= 0.6 is 0 Å². The standard InChI is InChI=1S/C21H23F3N2O/c1-14-7-3-4-9-17(14)20(27)25-18-13-16(21(22,23)24)10-11-19(18)26-12-6-5-8-15(26)2/h3-4,7,9-11,13,15H,5-6,8,12H2,1-2H3,(H,25,27). The topological polar surface area (TPSA) is 32.3 Å². The molecular formula is C21H23F3N2O. The second-order valence-corrected chi connectivity index (χ2v) is 7.04. The van der Waals surface area contributed by atoms with E-state index in [4.69, 9.17) is 0 Å². The predicted octanol–water partition coefficient (Wildman–Crippen LogP) is 5.64. The molecule has 1 aliphatic rings. The lowest BCUT2D eigenvalue weighted by atomic mass is 10.0. The van der Waals surface area contributed by atoms with Gasteiger partial charge in [-0.25, -0.2) is 0 Å². The monoisotopic (exact) mass is 376 g/mol. The van der Waals surface area contributed by atoms with Crippen molar-refractivity contribution in [1.29, 1.82) is 0 Å². The number of carbonyl (C=O) groups excluding carboxylic acids is 1. The summed E-state index contributed by atoms with van der Waals surface area (Å²) in [4.78, 5) is 14.8. The quantitative estimate of drug-likeness (QED) is 0.751. The number of anilines is 2. The normalized spacial score (nSPS) is 17.7. The van der Waals surface area contributed by atoms with Crippen LogP contribution in [0.3, 0.4) is 0 Å². The summed E-state index contributed by atoms with van der Waals surface area (Å²) >= 11 is 0. The molecular weight excluding hydrogens is 353 g/mol. The summed E-state index contributed by atoms with van der Waals surface area (Å²) in [6.07, 6.45) is -1.40. The molecule has 27 heavy (non-hydrogen) atoms. The predicted molar refractivity (Wildman–Crippen MR) is 101 cm³/mol. The third-order valence-corrected chi connectivity index (χ3v) is 5.07. The summed E-state index contributed by atoms with van der Waals surface area (Å²) in [6.45, 7) is 4.62. The number of amides is 1. The average molecular weight is 376 g/mol. The smallest absolute Gasteiger partial charge is 0.367 e. The van der Waals surface area contributed by atoms with Crippen LogP contribution in [0.2, 0.25) is 0 Å². The van der Waals surface area contributed by atoms with Gasteiger partial charge in [-0.15, -0.1) is 0 Å². The number of hydrogen-bond acceptors (Lipinski definition) is 2. The van der Waals surface area contributed by atoms with Crippen LogP contribution < -0.4 is 10.2 Å². The number of halogens is 3. The lowest BCUT2D eigenvalue weighted by Gasteiger charge is -2.36. The number of hydrogen-bond donors (Lipinski definition) is 1. The van der Waals surface area contributed by atoms with Crippen molar-refractivity contribution in [3.63, 3.8) is 0 Å². The highest BCUT2D eigenvalue weighted by Crippen LogP contribution is 2.37. The zero-order valence-electron chi connectivity index (χ0n) is 15.4. The molecule has 1 atom stereocenters. The Bertz CT molecular complexity index is 832. The molecule has 0 aromatic heterocycles. The lowest BCUT2D eigenvalue weighted by Crippen LogP contribution is -2.38. The fourth-order valence-corrected chi connectivity index (χ4v) is 3.54. The van der Waals surface area contributed by atoms with Crippen LogP contribution in [0.15, 0.2) is 42.5 Å². The van der Waals surface area contributed by atoms with Crippen molar-refractivity contribution in [2.75, 3.05) is 16.8 Å².